The zero-order valence-corrected chi connectivity index (χ0v) is 28.1. The fraction of sp³-hybridized carbons (Fsp3) is 0. The summed E-state index contributed by atoms with van der Waals surface area (Å²) in [7, 11) is 0. The molecule has 0 N–H and O–H groups in total. The summed E-state index contributed by atoms with van der Waals surface area (Å²) in [5, 5.41) is 3.87. The van der Waals surface area contributed by atoms with Gasteiger partial charge in [0.25, 0.3) is 0 Å². The van der Waals surface area contributed by atoms with E-state index in [2.05, 4.69) is 143 Å². The Hall–Kier alpha value is -6.91. The van der Waals surface area contributed by atoms with Crippen LogP contribution < -0.4 is 4.90 Å². The van der Waals surface area contributed by atoms with Gasteiger partial charge in [0.2, 0.25) is 0 Å². The number of furan rings is 1. The van der Waals surface area contributed by atoms with Crippen molar-refractivity contribution < 1.29 is 8.81 Å². The van der Waals surface area contributed by atoms with Gasteiger partial charge in [-0.3, -0.25) is 0 Å². The first-order chi connectivity index (χ1) is 25.7. The number of fused-ring (bicyclic) bond motifs is 6. The van der Waals surface area contributed by atoms with Crippen LogP contribution in [0.1, 0.15) is 0 Å². The van der Waals surface area contributed by atoms with Crippen LogP contribution in [0.4, 0.5) is 21.5 Å². The molecule has 0 amide bonds. The molecule has 0 bridgehead atoms. The summed E-state index contributed by atoms with van der Waals surface area (Å²) in [6.45, 7) is 0. The van der Waals surface area contributed by atoms with Crippen LogP contribution in [-0.2, 0) is 0 Å². The van der Waals surface area contributed by atoms with Crippen molar-refractivity contribution >= 4 is 60.8 Å². The van der Waals surface area contributed by atoms with Crippen LogP contribution in [0, 0.1) is 5.82 Å². The van der Waals surface area contributed by atoms with Crippen molar-refractivity contribution in [3.8, 4) is 27.9 Å². The lowest BCUT2D eigenvalue weighted by atomic mass is 10.0. The summed E-state index contributed by atoms with van der Waals surface area (Å²) in [5.74, 6) is -0.392. The molecule has 2 heterocycles. The van der Waals surface area contributed by atoms with Gasteiger partial charge in [-0.15, -0.1) is 0 Å². The number of anilines is 3. The molecule has 0 saturated carbocycles. The van der Waals surface area contributed by atoms with Crippen molar-refractivity contribution in [1.82, 2.24) is 4.57 Å². The topological polar surface area (TPSA) is 21.3 Å². The van der Waals surface area contributed by atoms with Crippen molar-refractivity contribution in [2.24, 2.45) is 0 Å². The van der Waals surface area contributed by atoms with Gasteiger partial charge in [-0.2, -0.15) is 0 Å². The van der Waals surface area contributed by atoms with Gasteiger partial charge in [0.1, 0.15) is 5.58 Å². The zero-order valence-electron chi connectivity index (χ0n) is 28.1. The molecule has 246 valence electrons. The Balaban J connectivity index is 1.11. The van der Waals surface area contributed by atoms with E-state index in [1.807, 2.05) is 48.5 Å². The minimum atomic E-state index is -0.392. The minimum absolute atomic E-state index is 0.252. The van der Waals surface area contributed by atoms with E-state index in [1.165, 1.54) is 11.1 Å². The Labute approximate surface area is 300 Å². The van der Waals surface area contributed by atoms with Crippen molar-refractivity contribution in [1.29, 1.82) is 0 Å². The molecule has 0 spiro atoms. The molecule has 10 aromatic rings. The van der Waals surface area contributed by atoms with Gasteiger partial charge in [-0.1, -0.05) is 121 Å². The standard InChI is InChI=1S/C48H31FN2O/c49-44-30-39(51-45-17-9-7-15-40(45)41-16-8-10-18-46(41)51)29-43-42-28-27-38(31-47(42)52-48(43)44)50(36-23-19-34(20-24-36)32-11-3-1-4-12-32)37-25-21-35(22-26-37)33-13-5-2-6-14-33/h1-31H. The molecule has 0 aliphatic rings. The predicted molar refractivity (Wildman–Crippen MR) is 214 cm³/mol. The highest BCUT2D eigenvalue weighted by atomic mass is 19.1. The highest BCUT2D eigenvalue weighted by Crippen LogP contribution is 2.41. The summed E-state index contributed by atoms with van der Waals surface area (Å²) in [4.78, 5) is 2.22. The molecule has 0 aliphatic heterocycles. The first kappa shape index (κ1) is 30.0. The Morgan fingerprint density at radius 3 is 1.44 bits per heavy atom. The normalized spacial score (nSPS) is 11.6. The molecule has 2 aromatic heterocycles. The Morgan fingerprint density at radius 1 is 0.404 bits per heavy atom. The number of hydrogen-bond acceptors (Lipinski definition) is 2. The third-order valence-corrected chi connectivity index (χ3v) is 10.1. The molecule has 0 atom stereocenters. The number of halogens is 1. The van der Waals surface area contributed by atoms with E-state index in [0.29, 0.717) is 5.58 Å². The van der Waals surface area contributed by atoms with Gasteiger partial charge in [-0.25, -0.2) is 4.39 Å². The monoisotopic (exact) mass is 670 g/mol. The van der Waals surface area contributed by atoms with E-state index < -0.39 is 5.82 Å². The molecular formula is C48H31FN2O. The Bertz CT molecular complexity index is 2750. The zero-order chi connectivity index (χ0) is 34.6. The van der Waals surface area contributed by atoms with E-state index in [1.54, 1.807) is 6.07 Å². The SMILES string of the molecule is Fc1cc(-n2c3ccccc3c3ccccc32)cc2c1oc1cc(N(c3ccc(-c4ccccc4)cc3)c3ccc(-c4ccccc4)cc3)ccc12. The maximum atomic E-state index is 16.1. The fourth-order valence-corrected chi connectivity index (χ4v) is 7.59. The first-order valence-corrected chi connectivity index (χ1v) is 17.5. The average Bonchev–Trinajstić information content (AvgIpc) is 3.75. The summed E-state index contributed by atoms with van der Waals surface area (Å²) >= 11 is 0. The lowest BCUT2D eigenvalue weighted by Crippen LogP contribution is -2.09. The summed E-state index contributed by atoms with van der Waals surface area (Å²) in [6, 6.07) is 64.3. The van der Waals surface area contributed by atoms with E-state index in [4.69, 9.17) is 4.42 Å². The largest absolute Gasteiger partial charge is 0.453 e. The van der Waals surface area contributed by atoms with Crippen molar-refractivity contribution in [3.05, 3.63) is 194 Å². The second-order valence-electron chi connectivity index (χ2n) is 13.1. The lowest BCUT2D eigenvalue weighted by molar-refractivity contribution is 0.583. The molecule has 0 unspecified atom stereocenters. The third-order valence-electron chi connectivity index (χ3n) is 10.1. The van der Waals surface area contributed by atoms with E-state index in [9.17, 15) is 0 Å². The van der Waals surface area contributed by atoms with Crippen LogP contribution in [-0.4, -0.2) is 4.57 Å². The van der Waals surface area contributed by atoms with Crippen LogP contribution in [0.15, 0.2) is 192 Å². The number of para-hydroxylation sites is 2. The fourth-order valence-electron chi connectivity index (χ4n) is 7.59. The molecule has 8 aromatic carbocycles. The van der Waals surface area contributed by atoms with Gasteiger partial charge in [0.15, 0.2) is 11.4 Å². The summed E-state index contributed by atoms with van der Waals surface area (Å²) in [5.41, 5.74) is 11.2. The first-order valence-electron chi connectivity index (χ1n) is 17.5. The van der Waals surface area contributed by atoms with Crippen molar-refractivity contribution in [2.45, 2.75) is 0 Å². The van der Waals surface area contributed by atoms with Gasteiger partial charge in [-0.05, 0) is 76.9 Å². The number of rotatable bonds is 6. The van der Waals surface area contributed by atoms with Crippen LogP contribution >= 0.6 is 0 Å². The molecular weight excluding hydrogens is 640 g/mol. The van der Waals surface area contributed by atoms with Crippen LogP contribution in [0.2, 0.25) is 0 Å². The number of nitrogens with zero attached hydrogens (tertiary/aromatic N) is 2. The van der Waals surface area contributed by atoms with Gasteiger partial charge in [0.05, 0.1) is 11.0 Å². The van der Waals surface area contributed by atoms with Crippen LogP contribution in [0.25, 0.3) is 71.7 Å². The predicted octanol–water partition coefficient (Wildman–Crippen LogP) is 13.6. The molecule has 3 nitrogen and oxygen atoms in total. The van der Waals surface area contributed by atoms with Gasteiger partial charge >= 0.3 is 0 Å². The van der Waals surface area contributed by atoms with Crippen LogP contribution in [0.3, 0.4) is 0 Å². The quantitative estimate of drug-likeness (QED) is 0.176. The minimum Gasteiger partial charge on any atom is -0.453 e. The Kier molecular flexibility index (Phi) is 7.00. The van der Waals surface area contributed by atoms with Gasteiger partial charge in [0, 0.05) is 56.4 Å². The third kappa shape index (κ3) is 4.96. The Morgan fingerprint density at radius 2 is 0.885 bits per heavy atom. The van der Waals surface area contributed by atoms with E-state index >= 15 is 4.39 Å². The molecule has 0 aliphatic carbocycles. The number of benzene rings is 8. The van der Waals surface area contributed by atoms with E-state index in [0.717, 1.165) is 66.5 Å². The van der Waals surface area contributed by atoms with Gasteiger partial charge < -0.3 is 13.9 Å². The average molecular weight is 671 g/mol. The molecule has 0 saturated heterocycles. The second kappa shape index (κ2) is 12.1. The molecule has 0 fully saturated rings. The molecule has 4 heteroatoms. The molecule has 52 heavy (non-hydrogen) atoms. The van der Waals surface area contributed by atoms with Crippen molar-refractivity contribution in [2.75, 3.05) is 4.90 Å². The van der Waals surface area contributed by atoms with Crippen LogP contribution in [0.5, 0.6) is 0 Å². The maximum absolute atomic E-state index is 16.1. The van der Waals surface area contributed by atoms with E-state index in [-0.39, 0.29) is 5.58 Å². The highest BCUT2D eigenvalue weighted by molar-refractivity contribution is 6.11. The lowest BCUT2D eigenvalue weighted by Gasteiger charge is -2.26. The maximum Gasteiger partial charge on any atom is 0.171 e. The smallest absolute Gasteiger partial charge is 0.171 e. The number of aromatic nitrogens is 1. The second-order valence-corrected chi connectivity index (χ2v) is 13.1. The number of hydrogen-bond donors (Lipinski definition) is 0. The summed E-state index contributed by atoms with van der Waals surface area (Å²) in [6.07, 6.45) is 0. The molecule has 10 rings (SSSR count). The summed E-state index contributed by atoms with van der Waals surface area (Å²) < 4.78 is 24.6. The highest BCUT2D eigenvalue weighted by Gasteiger charge is 2.20. The molecule has 0 radical (unpaired) electrons. The van der Waals surface area contributed by atoms with Crippen molar-refractivity contribution in [3.63, 3.8) is 0 Å².